The van der Waals surface area contributed by atoms with E-state index in [-0.39, 0.29) is 12.1 Å². The van der Waals surface area contributed by atoms with Crippen LogP contribution >= 0.6 is 11.8 Å². The van der Waals surface area contributed by atoms with Crippen molar-refractivity contribution in [1.29, 1.82) is 0 Å². The summed E-state index contributed by atoms with van der Waals surface area (Å²) < 4.78 is 0. The number of thioether (sulfide) groups is 1. The smallest absolute Gasteiger partial charge is 0.317 e. The first-order valence-corrected chi connectivity index (χ1v) is 8.30. The second kappa shape index (κ2) is 8.95. The van der Waals surface area contributed by atoms with E-state index in [1.165, 1.54) is 10.5 Å². The van der Waals surface area contributed by atoms with Crippen LogP contribution in [-0.2, 0) is 0 Å². The van der Waals surface area contributed by atoms with Crippen molar-refractivity contribution in [3.63, 3.8) is 0 Å². The lowest BCUT2D eigenvalue weighted by molar-refractivity contribution is 0.119. The standard InChI is InChI=1S/C16H26N2O2S/c1-12(2)18(11-14(4)19)16(20)17-9-10-21-15-7-5-13(3)6-8-15/h5-8,12,14,19H,9-11H2,1-4H3,(H,17,20). The minimum Gasteiger partial charge on any atom is -0.392 e. The third-order valence-electron chi connectivity index (χ3n) is 3.01. The molecule has 0 aliphatic heterocycles. The summed E-state index contributed by atoms with van der Waals surface area (Å²) in [6.45, 7) is 8.62. The molecule has 21 heavy (non-hydrogen) atoms. The number of hydrogen-bond donors (Lipinski definition) is 2. The molecule has 0 heterocycles. The molecule has 1 aromatic rings. The van der Waals surface area contributed by atoms with E-state index in [9.17, 15) is 9.90 Å². The zero-order chi connectivity index (χ0) is 15.8. The molecule has 1 atom stereocenters. The molecule has 1 aromatic carbocycles. The predicted molar refractivity (Wildman–Crippen MR) is 88.8 cm³/mol. The molecule has 118 valence electrons. The molecule has 1 rings (SSSR count). The van der Waals surface area contributed by atoms with E-state index in [4.69, 9.17) is 0 Å². The van der Waals surface area contributed by atoms with Crippen LogP contribution in [0.2, 0.25) is 0 Å². The highest BCUT2D eigenvalue weighted by Gasteiger charge is 2.17. The molecule has 0 saturated carbocycles. The number of hydrogen-bond acceptors (Lipinski definition) is 3. The topological polar surface area (TPSA) is 52.6 Å². The van der Waals surface area contributed by atoms with Crippen LogP contribution in [-0.4, -0.2) is 47.0 Å². The maximum Gasteiger partial charge on any atom is 0.317 e. The number of rotatable bonds is 7. The highest BCUT2D eigenvalue weighted by atomic mass is 32.2. The third kappa shape index (κ3) is 6.87. The largest absolute Gasteiger partial charge is 0.392 e. The summed E-state index contributed by atoms with van der Waals surface area (Å²) in [6, 6.07) is 8.32. The zero-order valence-corrected chi connectivity index (χ0v) is 14.1. The Kier molecular flexibility index (Phi) is 7.61. The third-order valence-corrected chi connectivity index (χ3v) is 4.03. The summed E-state index contributed by atoms with van der Waals surface area (Å²) in [5.41, 5.74) is 1.25. The molecule has 0 saturated heterocycles. The molecule has 0 aliphatic rings. The van der Waals surface area contributed by atoms with Crippen LogP contribution in [0.1, 0.15) is 26.3 Å². The van der Waals surface area contributed by atoms with Crippen molar-refractivity contribution in [2.75, 3.05) is 18.8 Å². The summed E-state index contributed by atoms with van der Waals surface area (Å²) in [5.74, 6) is 0.829. The van der Waals surface area contributed by atoms with Gasteiger partial charge in [0.2, 0.25) is 0 Å². The molecular weight excluding hydrogens is 284 g/mol. The van der Waals surface area contributed by atoms with Gasteiger partial charge < -0.3 is 15.3 Å². The van der Waals surface area contributed by atoms with E-state index < -0.39 is 6.10 Å². The SMILES string of the molecule is Cc1ccc(SCCNC(=O)N(CC(C)O)C(C)C)cc1. The number of nitrogens with zero attached hydrogens (tertiary/aromatic N) is 1. The van der Waals surface area contributed by atoms with E-state index in [0.29, 0.717) is 13.1 Å². The quantitative estimate of drug-likeness (QED) is 0.601. The first-order valence-electron chi connectivity index (χ1n) is 7.32. The zero-order valence-electron chi connectivity index (χ0n) is 13.3. The summed E-state index contributed by atoms with van der Waals surface area (Å²) in [6.07, 6.45) is -0.514. The molecule has 2 N–H and O–H groups in total. The van der Waals surface area contributed by atoms with Gasteiger partial charge in [-0.15, -0.1) is 11.8 Å². The van der Waals surface area contributed by atoms with E-state index in [1.807, 2.05) is 13.8 Å². The summed E-state index contributed by atoms with van der Waals surface area (Å²) in [7, 11) is 0. The predicted octanol–water partition coefficient (Wildman–Crippen LogP) is 2.89. The van der Waals surface area contributed by atoms with Crippen molar-refractivity contribution in [2.24, 2.45) is 0 Å². The van der Waals surface area contributed by atoms with Gasteiger partial charge in [-0.2, -0.15) is 0 Å². The van der Waals surface area contributed by atoms with Crippen molar-refractivity contribution in [1.82, 2.24) is 10.2 Å². The normalized spacial score (nSPS) is 12.3. The molecule has 0 bridgehead atoms. The van der Waals surface area contributed by atoms with Gasteiger partial charge in [0.05, 0.1) is 6.10 Å². The molecule has 0 aromatic heterocycles. The number of aliphatic hydroxyl groups is 1. The summed E-state index contributed by atoms with van der Waals surface area (Å²) >= 11 is 1.72. The van der Waals surface area contributed by atoms with Crippen molar-refractivity contribution >= 4 is 17.8 Å². The molecule has 0 radical (unpaired) electrons. The van der Waals surface area contributed by atoms with Crippen molar-refractivity contribution in [3.8, 4) is 0 Å². The number of aryl methyl sites for hydroxylation is 1. The molecule has 1 unspecified atom stereocenters. The minimum atomic E-state index is -0.514. The molecule has 2 amide bonds. The van der Waals surface area contributed by atoms with Crippen LogP contribution in [0.4, 0.5) is 4.79 Å². The Labute approximate surface area is 131 Å². The number of urea groups is 1. The Morgan fingerprint density at radius 2 is 1.90 bits per heavy atom. The molecule has 0 spiro atoms. The van der Waals surface area contributed by atoms with Crippen LogP contribution in [0.15, 0.2) is 29.2 Å². The number of carbonyl (C=O) groups is 1. The fourth-order valence-corrected chi connectivity index (χ4v) is 2.64. The fraction of sp³-hybridized carbons (Fsp3) is 0.562. The van der Waals surface area contributed by atoms with Gasteiger partial charge in [-0.3, -0.25) is 0 Å². The number of amides is 2. The van der Waals surface area contributed by atoms with Gasteiger partial charge in [-0.05, 0) is 39.8 Å². The fourth-order valence-electron chi connectivity index (χ4n) is 1.88. The second-order valence-electron chi connectivity index (χ2n) is 5.49. The molecule has 5 heteroatoms. The highest BCUT2D eigenvalue weighted by molar-refractivity contribution is 7.99. The Morgan fingerprint density at radius 1 is 1.29 bits per heavy atom. The van der Waals surface area contributed by atoms with Crippen LogP contribution in [0, 0.1) is 6.92 Å². The van der Waals surface area contributed by atoms with Gasteiger partial charge in [0.15, 0.2) is 0 Å². The van der Waals surface area contributed by atoms with E-state index >= 15 is 0 Å². The van der Waals surface area contributed by atoms with Crippen LogP contribution < -0.4 is 5.32 Å². The van der Waals surface area contributed by atoms with E-state index in [0.717, 1.165) is 5.75 Å². The number of nitrogens with one attached hydrogen (secondary N) is 1. The Morgan fingerprint density at radius 3 is 2.43 bits per heavy atom. The molecular formula is C16H26N2O2S. The van der Waals surface area contributed by atoms with Gasteiger partial charge in [-0.25, -0.2) is 4.79 Å². The maximum atomic E-state index is 12.1. The van der Waals surface area contributed by atoms with Crippen LogP contribution in [0.3, 0.4) is 0 Å². The highest BCUT2D eigenvalue weighted by Crippen LogP contribution is 2.17. The van der Waals surface area contributed by atoms with Crippen molar-refractivity contribution < 1.29 is 9.90 Å². The Hall–Kier alpha value is -1.20. The van der Waals surface area contributed by atoms with E-state index in [2.05, 4.69) is 36.5 Å². The minimum absolute atomic E-state index is 0.0735. The number of benzene rings is 1. The van der Waals surface area contributed by atoms with Gasteiger partial charge in [0.1, 0.15) is 0 Å². The monoisotopic (exact) mass is 310 g/mol. The molecule has 0 aliphatic carbocycles. The van der Waals surface area contributed by atoms with Crippen LogP contribution in [0.5, 0.6) is 0 Å². The van der Waals surface area contributed by atoms with Gasteiger partial charge in [0, 0.05) is 29.8 Å². The first kappa shape index (κ1) is 17.9. The average molecular weight is 310 g/mol. The number of carbonyl (C=O) groups excluding carboxylic acids is 1. The maximum absolute atomic E-state index is 12.1. The second-order valence-corrected chi connectivity index (χ2v) is 6.66. The Bertz CT molecular complexity index is 432. The first-order chi connectivity index (χ1) is 9.90. The number of aliphatic hydroxyl groups excluding tert-OH is 1. The lowest BCUT2D eigenvalue weighted by Gasteiger charge is -2.28. The molecule has 4 nitrogen and oxygen atoms in total. The van der Waals surface area contributed by atoms with Gasteiger partial charge in [0.25, 0.3) is 0 Å². The lowest BCUT2D eigenvalue weighted by atomic mass is 10.2. The lowest BCUT2D eigenvalue weighted by Crippen LogP contribution is -2.47. The summed E-state index contributed by atoms with van der Waals surface area (Å²) in [5, 5.41) is 12.3. The summed E-state index contributed by atoms with van der Waals surface area (Å²) in [4.78, 5) is 14.9. The Balaban J connectivity index is 2.33. The van der Waals surface area contributed by atoms with E-state index in [1.54, 1.807) is 23.6 Å². The van der Waals surface area contributed by atoms with Crippen molar-refractivity contribution in [3.05, 3.63) is 29.8 Å². The van der Waals surface area contributed by atoms with Gasteiger partial charge in [-0.1, -0.05) is 17.7 Å². The van der Waals surface area contributed by atoms with Crippen molar-refractivity contribution in [2.45, 2.75) is 44.7 Å². The average Bonchev–Trinajstić information content (AvgIpc) is 2.42. The van der Waals surface area contributed by atoms with Gasteiger partial charge >= 0.3 is 6.03 Å². The molecule has 0 fully saturated rings. The van der Waals surface area contributed by atoms with Crippen LogP contribution in [0.25, 0.3) is 0 Å².